The number of hydrogen-bond acceptors (Lipinski definition) is 3. The molecular weight excluding hydrogens is 290 g/mol. The molecule has 0 spiro atoms. The Kier molecular flexibility index (Phi) is 5.37. The highest BCUT2D eigenvalue weighted by Gasteiger charge is 2.27. The third kappa shape index (κ3) is 4.29. The number of likely N-dealkylation sites (tertiary alicyclic amines) is 1. The number of Topliss-reactive ketones (excluding diaryl/α,β-unsaturated/α-hetero) is 1. The summed E-state index contributed by atoms with van der Waals surface area (Å²) < 4.78 is 0. The van der Waals surface area contributed by atoms with E-state index in [-0.39, 0.29) is 30.4 Å². The molecule has 4 nitrogen and oxygen atoms in total. The predicted octanol–water partition coefficient (Wildman–Crippen LogP) is 2.53. The summed E-state index contributed by atoms with van der Waals surface area (Å²) in [5.41, 5.74) is 0.569. The standard InChI is InChI=1S/C16H20ClNO3/c1-11-8-9-18(10-15(11)20)16(21)7-6-14(19)12-2-4-13(17)5-3-12/h2-5,11,15,20H,6-10H2,1H3. The summed E-state index contributed by atoms with van der Waals surface area (Å²) >= 11 is 5.78. The van der Waals surface area contributed by atoms with Crippen LogP contribution >= 0.6 is 11.6 Å². The van der Waals surface area contributed by atoms with E-state index in [2.05, 4.69) is 0 Å². The van der Waals surface area contributed by atoms with E-state index in [1.807, 2.05) is 6.92 Å². The van der Waals surface area contributed by atoms with E-state index in [9.17, 15) is 14.7 Å². The summed E-state index contributed by atoms with van der Waals surface area (Å²) in [6.07, 6.45) is 0.707. The van der Waals surface area contributed by atoms with E-state index in [4.69, 9.17) is 11.6 Å². The van der Waals surface area contributed by atoms with Gasteiger partial charge in [-0.2, -0.15) is 0 Å². The van der Waals surface area contributed by atoms with Gasteiger partial charge in [-0.05, 0) is 36.6 Å². The summed E-state index contributed by atoms with van der Waals surface area (Å²) in [6.45, 7) is 3.01. The maximum atomic E-state index is 12.1. The number of ketones is 1. The molecule has 1 saturated heterocycles. The van der Waals surface area contributed by atoms with Crippen molar-refractivity contribution >= 4 is 23.3 Å². The zero-order valence-electron chi connectivity index (χ0n) is 12.1. The van der Waals surface area contributed by atoms with Crippen molar-refractivity contribution in [1.29, 1.82) is 0 Å². The summed E-state index contributed by atoms with van der Waals surface area (Å²) in [7, 11) is 0. The molecule has 1 N–H and O–H groups in total. The van der Waals surface area contributed by atoms with Crippen LogP contribution in [0.15, 0.2) is 24.3 Å². The molecule has 1 aromatic rings. The molecule has 0 radical (unpaired) electrons. The van der Waals surface area contributed by atoms with Gasteiger partial charge in [0, 0.05) is 36.5 Å². The molecule has 1 amide bonds. The molecule has 1 aliphatic heterocycles. The van der Waals surface area contributed by atoms with Crippen molar-refractivity contribution in [3.63, 3.8) is 0 Å². The van der Waals surface area contributed by atoms with Crippen LogP contribution in [0.1, 0.15) is 36.5 Å². The molecule has 0 aliphatic carbocycles. The van der Waals surface area contributed by atoms with Gasteiger partial charge in [0.15, 0.2) is 5.78 Å². The van der Waals surface area contributed by atoms with Crippen LogP contribution in [0.3, 0.4) is 0 Å². The van der Waals surface area contributed by atoms with Crippen LogP contribution in [0, 0.1) is 5.92 Å². The lowest BCUT2D eigenvalue weighted by atomic mass is 9.95. The van der Waals surface area contributed by atoms with Gasteiger partial charge in [-0.3, -0.25) is 9.59 Å². The smallest absolute Gasteiger partial charge is 0.223 e. The zero-order chi connectivity index (χ0) is 15.4. The highest BCUT2D eigenvalue weighted by atomic mass is 35.5. The third-order valence-corrected chi connectivity index (χ3v) is 4.26. The minimum Gasteiger partial charge on any atom is -0.391 e. The number of benzene rings is 1. The van der Waals surface area contributed by atoms with Gasteiger partial charge in [-0.15, -0.1) is 0 Å². The Labute approximate surface area is 129 Å². The molecule has 0 saturated carbocycles. The van der Waals surface area contributed by atoms with E-state index >= 15 is 0 Å². The van der Waals surface area contributed by atoms with Gasteiger partial charge in [-0.1, -0.05) is 18.5 Å². The molecular formula is C16H20ClNO3. The van der Waals surface area contributed by atoms with E-state index < -0.39 is 6.10 Å². The van der Waals surface area contributed by atoms with Gasteiger partial charge in [0.1, 0.15) is 0 Å². The van der Waals surface area contributed by atoms with Gasteiger partial charge in [-0.25, -0.2) is 0 Å². The van der Waals surface area contributed by atoms with Gasteiger partial charge < -0.3 is 10.0 Å². The maximum Gasteiger partial charge on any atom is 0.223 e. The van der Waals surface area contributed by atoms with Gasteiger partial charge >= 0.3 is 0 Å². The van der Waals surface area contributed by atoms with Crippen LogP contribution in [0.25, 0.3) is 0 Å². The fourth-order valence-electron chi connectivity index (χ4n) is 2.43. The van der Waals surface area contributed by atoms with Crippen molar-refractivity contribution in [3.8, 4) is 0 Å². The largest absolute Gasteiger partial charge is 0.391 e. The number of nitrogens with zero attached hydrogens (tertiary/aromatic N) is 1. The van der Waals surface area contributed by atoms with Crippen molar-refractivity contribution in [3.05, 3.63) is 34.9 Å². The number of aliphatic hydroxyl groups is 1. The van der Waals surface area contributed by atoms with Gasteiger partial charge in [0.25, 0.3) is 0 Å². The summed E-state index contributed by atoms with van der Waals surface area (Å²) in [6, 6.07) is 6.67. The van der Waals surface area contributed by atoms with Crippen molar-refractivity contribution in [2.45, 2.75) is 32.3 Å². The molecule has 5 heteroatoms. The Morgan fingerprint density at radius 3 is 2.57 bits per heavy atom. The Hall–Kier alpha value is -1.39. The zero-order valence-corrected chi connectivity index (χ0v) is 12.8. The number of aliphatic hydroxyl groups excluding tert-OH is 1. The Balaban J connectivity index is 1.83. The molecule has 114 valence electrons. The Morgan fingerprint density at radius 1 is 1.29 bits per heavy atom. The van der Waals surface area contributed by atoms with Gasteiger partial charge in [0.2, 0.25) is 5.91 Å². The van der Waals surface area contributed by atoms with Crippen LogP contribution in [0.5, 0.6) is 0 Å². The number of amides is 1. The maximum absolute atomic E-state index is 12.1. The Morgan fingerprint density at radius 2 is 1.95 bits per heavy atom. The van der Waals surface area contributed by atoms with Crippen molar-refractivity contribution in [1.82, 2.24) is 4.90 Å². The van der Waals surface area contributed by atoms with Crippen LogP contribution in [-0.2, 0) is 4.79 Å². The number of β-amino-alcohol motifs (C(OH)–C–C–N with tert-alkyl or cyclic N) is 1. The van der Waals surface area contributed by atoms with Gasteiger partial charge in [0.05, 0.1) is 6.10 Å². The molecule has 0 aromatic heterocycles. The first-order valence-electron chi connectivity index (χ1n) is 7.22. The lowest BCUT2D eigenvalue weighted by Gasteiger charge is -2.34. The topological polar surface area (TPSA) is 57.6 Å². The van der Waals surface area contributed by atoms with Crippen LogP contribution in [0.2, 0.25) is 5.02 Å². The molecule has 1 heterocycles. The van der Waals surface area contributed by atoms with E-state index in [0.717, 1.165) is 6.42 Å². The SMILES string of the molecule is CC1CCN(C(=O)CCC(=O)c2ccc(Cl)cc2)CC1O. The number of hydrogen-bond donors (Lipinski definition) is 1. The first kappa shape index (κ1) is 16.0. The van der Waals surface area contributed by atoms with Crippen molar-refractivity contribution in [2.24, 2.45) is 5.92 Å². The first-order chi connectivity index (χ1) is 9.97. The number of piperidine rings is 1. The number of halogens is 1. The van der Waals surface area contributed by atoms with Crippen LogP contribution in [0.4, 0.5) is 0 Å². The van der Waals surface area contributed by atoms with Crippen molar-refractivity contribution < 1.29 is 14.7 Å². The number of rotatable bonds is 4. The predicted molar refractivity (Wildman–Crippen MR) is 81.4 cm³/mol. The van der Waals surface area contributed by atoms with E-state index in [1.165, 1.54) is 0 Å². The fraction of sp³-hybridized carbons (Fsp3) is 0.500. The summed E-state index contributed by atoms with van der Waals surface area (Å²) in [5, 5.41) is 10.4. The molecule has 1 aromatic carbocycles. The van der Waals surface area contributed by atoms with E-state index in [1.54, 1.807) is 29.2 Å². The molecule has 2 unspecified atom stereocenters. The highest BCUT2D eigenvalue weighted by molar-refractivity contribution is 6.30. The fourth-order valence-corrected chi connectivity index (χ4v) is 2.56. The lowest BCUT2D eigenvalue weighted by molar-refractivity contribution is -0.135. The third-order valence-electron chi connectivity index (χ3n) is 4.00. The quantitative estimate of drug-likeness (QED) is 0.870. The number of carbonyl (C=O) groups is 2. The monoisotopic (exact) mass is 309 g/mol. The average Bonchev–Trinajstić information content (AvgIpc) is 2.48. The minimum atomic E-state index is -0.463. The molecule has 2 atom stereocenters. The molecule has 0 bridgehead atoms. The first-order valence-corrected chi connectivity index (χ1v) is 7.60. The second kappa shape index (κ2) is 7.05. The van der Waals surface area contributed by atoms with E-state index in [0.29, 0.717) is 23.7 Å². The van der Waals surface area contributed by atoms with Crippen LogP contribution < -0.4 is 0 Å². The minimum absolute atomic E-state index is 0.0639. The average molecular weight is 310 g/mol. The number of carbonyl (C=O) groups excluding carboxylic acids is 2. The molecule has 1 fully saturated rings. The molecule has 1 aliphatic rings. The molecule has 21 heavy (non-hydrogen) atoms. The lowest BCUT2D eigenvalue weighted by Crippen LogP contribution is -2.45. The van der Waals surface area contributed by atoms with Crippen molar-refractivity contribution in [2.75, 3.05) is 13.1 Å². The Bertz CT molecular complexity index is 515. The second-order valence-corrected chi connectivity index (χ2v) is 6.04. The summed E-state index contributed by atoms with van der Waals surface area (Å²) in [5.74, 6) is 0.0963. The van der Waals surface area contributed by atoms with Crippen LogP contribution in [-0.4, -0.2) is 40.9 Å². The normalized spacial score (nSPS) is 22.1. The summed E-state index contributed by atoms with van der Waals surface area (Å²) in [4.78, 5) is 25.7. The molecule has 2 rings (SSSR count). The second-order valence-electron chi connectivity index (χ2n) is 5.60. The highest BCUT2D eigenvalue weighted by Crippen LogP contribution is 2.18.